The highest BCUT2D eigenvalue weighted by molar-refractivity contribution is 5.76. The Morgan fingerprint density at radius 1 is 1.48 bits per heavy atom. The zero-order valence-corrected chi connectivity index (χ0v) is 12.3. The number of methoxy groups -OCH3 is 1. The van der Waals surface area contributed by atoms with Crippen molar-refractivity contribution in [3.8, 4) is 0 Å². The molecule has 0 aliphatic heterocycles. The van der Waals surface area contributed by atoms with Crippen LogP contribution in [0.2, 0.25) is 0 Å². The Bertz CT molecular complexity index is 568. The molecule has 2 aromatic rings. The molecule has 112 valence electrons. The number of ether oxygens (including phenoxy) is 1. The second-order valence-corrected chi connectivity index (χ2v) is 4.85. The quantitative estimate of drug-likeness (QED) is 0.832. The topological polar surface area (TPSA) is 69.0 Å². The van der Waals surface area contributed by atoms with Gasteiger partial charge in [0.1, 0.15) is 0 Å². The second-order valence-electron chi connectivity index (χ2n) is 4.85. The number of amides is 1. The Labute approximate surface area is 124 Å². The van der Waals surface area contributed by atoms with E-state index in [1.54, 1.807) is 24.2 Å². The third kappa shape index (κ3) is 4.68. The Morgan fingerprint density at radius 2 is 2.33 bits per heavy atom. The first-order valence-electron chi connectivity index (χ1n) is 6.86. The van der Waals surface area contributed by atoms with Crippen LogP contribution >= 0.6 is 0 Å². The molecule has 2 aromatic heterocycles. The van der Waals surface area contributed by atoms with E-state index in [0.29, 0.717) is 19.4 Å². The molecule has 0 aromatic carbocycles. The summed E-state index contributed by atoms with van der Waals surface area (Å²) in [5.74, 6) is -0.0217. The van der Waals surface area contributed by atoms with E-state index in [0.717, 1.165) is 11.3 Å². The molecule has 1 atom stereocenters. The summed E-state index contributed by atoms with van der Waals surface area (Å²) in [4.78, 5) is 16.3. The van der Waals surface area contributed by atoms with Gasteiger partial charge in [0.25, 0.3) is 0 Å². The number of carbonyl (C=O) groups excluding carboxylic acids is 1. The average molecular weight is 288 g/mol. The third-order valence-corrected chi connectivity index (χ3v) is 3.11. The Balaban J connectivity index is 1.89. The van der Waals surface area contributed by atoms with Gasteiger partial charge in [-0.1, -0.05) is 6.07 Å². The molecule has 0 fully saturated rings. The normalized spacial score (nSPS) is 12.1. The minimum absolute atomic E-state index is 0.0217. The van der Waals surface area contributed by atoms with E-state index in [9.17, 15) is 4.79 Å². The Kier molecular flexibility index (Phi) is 5.45. The van der Waals surface area contributed by atoms with Crippen LogP contribution in [0.3, 0.4) is 0 Å². The van der Waals surface area contributed by atoms with Crippen molar-refractivity contribution in [2.45, 2.75) is 18.9 Å². The SMILES string of the molecule is COC[C@H](NC(=O)CCc1cnn(C)c1)c1ccccn1. The lowest BCUT2D eigenvalue weighted by molar-refractivity contribution is -0.122. The number of nitrogens with one attached hydrogen (secondary N) is 1. The lowest BCUT2D eigenvalue weighted by Crippen LogP contribution is -2.32. The molecule has 2 heterocycles. The number of pyridine rings is 1. The fourth-order valence-electron chi connectivity index (χ4n) is 2.08. The summed E-state index contributed by atoms with van der Waals surface area (Å²) < 4.78 is 6.89. The van der Waals surface area contributed by atoms with Gasteiger partial charge < -0.3 is 10.1 Å². The van der Waals surface area contributed by atoms with E-state index in [1.165, 1.54) is 0 Å². The first kappa shape index (κ1) is 15.2. The maximum atomic E-state index is 12.1. The monoisotopic (exact) mass is 288 g/mol. The van der Waals surface area contributed by atoms with E-state index < -0.39 is 0 Å². The predicted molar refractivity (Wildman–Crippen MR) is 78.5 cm³/mol. The van der Waals surface area contributed by atoms with Crippen LogP contribution in [0.1, 0.15) is 23.7 Å². The van der Waals surface area contributed by atoms with Crippen molar-refractivity contribution < 1.29 is 9.53 Å². The standard InChI is InChI=1S/C15H20N4O2/c1-19-10-12(9-17-19)6-7-15(20)18-14(11-21-2)13-5-3-4-8-16-13/h3-5,8-10,14H,6-7,11H2,1-2H3,(H,18,20)/t14-/m0/s1. The zero-order valence-electron chi connectivity index (χ0n) is 12.3. The molecule has 0 bridgehead atoms. The maximum Gasteiger partial charge on any atom is 0.220 e. The molecule has 0 radical (unpaired) electrons. The lowest BCUT2D eigenvalue weighted by Gasteiger charge is -2.17. The summed E-state index contributed by atoms with van der Waals surface area (Å²) in [6, 6.07) is 5.40. The predicted octanol–water partition coefficient (Wildman–Crippen LogP) is 1.25. The number of aryl methyl sites for hydroxylation is 2. The molecule has 1 N–H and O–H groups in total. The van der Waals surface area contributed by atoms with Crippen molar-refractivity contribution in [1.82, 2.24) is 20.1 Å². The molecule has 0 spiro atoms. The minimum atomic E-state index is -0.224. The number of hydrogen-bond acceptors (Lipinski definition) is 4. The van der Waals surface area contributed by atoms with Gasteiger partial charge in [-0.05, 0) is 24.1 Å². The van der Waals surface area contributed by atoms with E-state index >= 15 is 0 Å². The summed E-state index contributed by atoms with van der Waals surface area (Å²) in [5, 5.41) is 7.05. The van der Waals surface area contributed by atoms with Crippen molar-refractivity contribution >= 4 is 5.91 Å². The van der Waals surface area contributed by atoms with Crippen LogP contribution in [-0.4, -0.2) is 34.4 Å². The lowest BCUT2D eigenvalue weighted by atomic mass is 10.1. The summed E-state index contributed by atoms with van der Waals surface area (Å²) in [7, 11) is 3.47. The second kappa shape index (κ2) is 7.54. The summed E-state index contributed by atoms with van der Waals surface area (Å²) in [6.07, 6.45) is 6.48. The van der Waals surface area contributed by atoms with Gasteiger partial charge in [-0.15, -0.1) is 0 Å². The molecule has 1 amide bonds. The van der Waals surface area contributed by atoms with Crippen LogP contribution < -0.4 is 5.32 Å². The molecule has 2 rings (SSSR count). The van der Waals surface area contributed by atoms with Crippen molar-refractivity contribution in [3.05, 3.63) is 48.0 Å². The van der Waals surface area contributed by atoms with Gasteiger partial charge in [-0.3, -0.25) is 14.5 Å². The van der Waals surface area contributed by atoms with Crippen LogP contribution in [0.25, 0.3) is 0 Å². The summed E-state index contributed by atoms with van der Waals surface area (Å²) in [6.45, 7) is 0.398. The van der Waals surface area contributed by atoms with Crippen molar-refractivity contribution in [1.29, 1.82) is 0 Å². The fraction of sp³-hybridized carbons (Fsp3) is 0.400. The zero-order chi connectivity index (χ0) is 15.1. The number of carbonyl (C=O) groups is 1. The van der Waals surface area contributed by atoms with Crippen LogP contribution in [-0.2, 0) is 23.0 Å². The summed E-state index contributed by atoms with van der Waals surface area (Å²) in [5.41, 5.74) is 1.85. The van der Waals surface area contributed by atoms with Gasteiger partial charge >= 0.3 is 0 Å². The van der Waals surface area contributed by atoms with Gasteiger partial charge in [-0.25, -0.2) is 0 Å². The Morgan fingerprint density at radius 3 is 2.95 bits per heavy atom. The molecule has 0 saturated carbocycles. The number of aromatic nitrogens is 3. The molecule has 0 aliphatic carbocycles. The highest BCUT2D eigenvalue weighted by Gasteiger charge is 2.15. The first-order chi connectivity index (χ1) is 10.2. The maximum absolute atomic E-state index is 12.1. The number of nitrogens with zero attached hydrogens (tertiary/aromatic N) is 3. The van der Waals surface area contributed by atoms with Crippen LogP contribution in [0, 0.1) is 0 Å². The van der Waals surface area contributed by atoms with E-state index in [2.05, 4.69) is 15.4 Å². The molecular weight excluding hydrogens is 268 g/mol. The molecule has 0 aliphatic rings. The van der Waals surface area contributed by atoms with Crippen molar-refractivity contribution in [2.75, 3.05) is 13.7 Å². The molecule has 0 saturated heterocycles. The van der Waals surface area contributed by atoms with Crippen LogP contribution in [0.15, 0.2) is 36.8 Å². The van der Waals surface area contributed by atoms with Crippen LogP contribution in [0.4, 0.5) is 0 Å². The van der Waals surface area contributed by atoms with Gasteiger partial charge in [-0.2, -0.15) is 5.10 Å². The van der Waals surface area contributed by atoms with Crippen molar-refractivity contribution in [3.63, 3.8) is 0 Å². The number of rotatable bonds is 7. The molecule has 6 heteroatoms. The highest BCUT2D eigenvalue weighted by Crippen LogP contribution is 2.10. The van der Waals surface area contributed by atoms with Gasteiger partial charge in [0.2, 0.25) is 5.91 Å². The van der Waals surface area contributed by atoms with Gasteiger partial charge in [0.15, 0.2) is 0 Å². The molecular formula is C15H20N4O2. The van der Waals surface area contributed by atoms with E-state index in [-0.39, 0.29) is 11.9 Å². The summed E-state index contributed by atoms with van der Waals surface area (Å²) >= 11 is 0. The fourth-order valence-corrected chi connectivity index (χ4v) is 2.08. The highest BCUT2D eigenvalue weighted by atomic mass is 16.5. The minimum Gasteiger partial charge on any atom is -0.382 e. The Hall–Kier alpha value is -2.21. The molecule has 6 nitrogen and oxygen atoms in total. The van der Waals surface area contributed by atoms with Gasteiger partial charge in [0.05, 0.1) is 24.5 Å². The van der Waals surface area contributed by atoms with E-state index in [4.69, 9.17) is 4.74 Å². The van der Waals surface area contributed by atoms with E-state index in [1.807, 2.05) is 31.4 Å². The van der Waals surface area contributed by atoms with Crippen LogP contribution in [0.5, 0.6) is 0 Å². The molecule has 21 heavy (non-hydrogen) atoms. The average Bonchev–Trinajstić information content (AvgIpc) is 2.91. The first-order valence-corrected chi connectivity index (χ1v) is 6.86. The van der Waals surface area contributed by atoms with Crippen molar-refractivity contribution in [2.24, 2.45) is 7.05 Å². The third-order valence-electron chi connectivity index (χ3n) is 3.11. The van der Waals surface area contributed by atoms with Gasteiger partial charge in [0, 0.05) is 33.0 Å². The smallest absolute Gasteiger partial charge is 0.220 e. The number of hydrogen-bond donors (Lipinski definition) is 1. The molecule has 0 unspecified atom stereocenters. The largest absolute Gasteiger partial charge is 0.382 e.